The molecule has 1 fully saturated rings. The quantitative estimate of drug-likeness (QED) is 0.779. The molecule has 1 aliphatic rings. The maximum atomic E-state index is 14.0. The van der Waals surface area contributed by atoms with Crippen molar-refractivity contribution in [2.24, 2.45) is 0 Å². The standard InChI is InChI=1S/C22H26ClFN2O3/c1-15-9-16(2)11-19(10-15)29-14-18(27)13-25-5-7-26(8-6-25)22(28)20-4-3-17(23)12-21(20)24/h3-4,9-12,18,27H,5-8,13-14H2,1-2H3. The van der Waals surface area contributed by atoms with E-state index in [0.29, 0.717) is 32.7 Å². The van der Waals surface area contributed by atoms with E-state index in [0.717, 1.165) is 22.9 Å². The Kier molecular flexibility index (Phi) is 7.11. The lowest BCUT2D eigenvalue weighted by molar-refractivity contribution is 0.0401. The molecule has 2 aromatic carbocycles. The smallest absolute Gasteiger partial charge is 0.256 e. The molecule has 1 saturated heterocycles. The summed E-state index contributed by atoms with van der Waals surface area (Å²) < 4.78 is 19.7. The first-order valence-electron chi connectivity index (χ1n) is 9.67. The Morgan fingerprint density at radius 3 is 2.41 bits per heavy atom. The summed E-state index contributed by atoms with van der Waals surface area (Å²) in [5, 5.41) is 10.6. The zero-order valence-corrected chi connectivity index (χ0v) is 17.5. The van der Waals surface area contributed by atoms with E-state index < -0.39 is 11.9 Å². The van der Waals surface area contributed by atoms with Gasteiger partial charge in [0.25, 0.3) is 5.91 Å². The van der Waals surface area contributed by atoms with Gasteiger partial charge in [-0.2, -0.15) is 0 Å². The second-order valence-corrected chi connectivity index (χ2v) is 7.94. The van der Waals surface area contributed by atoms with Crippen LogP contribution < -0.4 is 4.74 Å². The highest BCUT2D eigenvalue weighted by molar-refractivity contribution is 6.30. The molecule has 1 aliphatic heterocycles. The number of benzene rings is 2. The van der Waals surface area contributed by atoms with Crippen molar-refractivity contribution in [3.8, 4) is 5.75 Å². The van der Waals surface area contributed by atoms with Crippen LogP contribution in [0.2, 0.25) is 5.02 Å². The Morgan fingerprint density at radius 2 is 1.79 bits per heavy atom. The molecule has 1 unspecified atom stereocenters. The number of β-amino-alcohol motifs (C(OH)–C–C–N with tert-alkyl or cyclic N) is 1. The lowest BCUT2D eigenvalue weighted by Crippen LogP contribution is -2.51. The van der Waals surface area contributed by atoms with Gasteiger partial charge < -0.3 is 14.7 Å². The third-order valence-electron chi connectivity index (χ3n) is 4.93. The van der Waals surface area contributed by atoms with Gasteiger partial charge in [-0.05, 0) is 55.3 Å². The van der Waals surface area contributed by atoms with E-state index >= 15 is 0 Å². The van der Waals surface area contributed by atoms with Crippen LogP contribution >= 0.6 is 11.6 Å². The Bertz CT molecular complexity index is 849. The Balaban J connectivity index is 1.46. The minimum atomic E-state index is -0.633. The minimum Gasteiger partial charge on any atom is -0.491 e. The van der Waals surface area contributed by atoms with Crippen molar-refractivity contribution in [3.05, 3.63) is 63.9 Å². The predicted molar refractivity (Wildman–Crippen MR) is 111 cm³/mol. The molecule has 0 spiro atoms. The number of nitrogens with zero attached hydrogens (tertiary/aromatic N) is 2. The Hall–Kier alpha value is -2.15. The zero-order chi connectivity index (χ0) is 21.0. The largest absolute Gasteiger partial charge is 0.491 e. The van der Waals surface area contributed by atoms with Crippen LogP contribution in [-0.2, 0) is 0 Å². The van der Waals surface area contributed by atoms with Crippen LogP contribution in [0.15, 0.2) is 36.4 Å². The van der Waals surface area contributed by atoms with Crippen LogP contribution in [0.4, 0.5) is 4.39 Å². The summed E-state index contributed by atoms with van der Waals surface area (Å²) in [7, 11) is 0. The van der Waals surface area contributed by atoms with E-state index in [1.165, 1.54) is 12.1 Å². The van der Waals surface area contributed by atoms with Crippen LogP contribution in [0.5, 0.6) is 5.75 Å². The topological polar surface area (TPSA) is 53.0 Å². The van der Waals surface area contributed by atoms with Crippen LogP contribution in [0, 0.1) is 19.7 Å². The highest BCUT2D eigenvalue weighted by atomic mass is 35.5. The number of aliphatic hydroxyl groups is 1. The number of ether oxygens (including phenoxy) is 1. The first kappa shape index (κ1) is 21.6. The zero-order valence-electron chi connectivity index (χ0n) is 16.7. The Morgan fingerprint density at radius 1 is 1.14 bits per heavy atom. The summed E-state index contributed by atoms with van der Waals surface area (Å²) >= 11 is 5.75. The molecule has 0 radical (unpaired) electrons. The monoisotopic (exact) mass is 420 g/mol. The molecule has 2 aromatic rings. The van der Waals surface area contributed by atoms with Gasteiger partial charge in [-0.25, -0.2) is 4.39 Å². The van der Waals surface area contributed by atoms with E-state index in [1.807, 2.05) is 26.0 Å². The molecule has 0 saturated carbocycles. The van der Waals surface area contributed by atoms with Gasteiger partial charge in [0.1, 0.15) is 24.3 Å². The highest BCUT2D eigenvalue weighted by Gasteiger charge is 2.25. The second-order valence-electron chi connectivity index (χ2n) is 7.51. The van der Waals surface area contributed by atoms with Gasteiger partial charge in [0.05, 0.1) is 5.56 Å². The molecular formula is C22H26ClFN2O3. The van der Waals surface area contributed by atoms with E-state index in [2.05, 4.69) is 11.0 Å². The minimum absolute atomic E-state index is 0.0322. The lowest BCUT2D eigenvalue weighted by atomic mass is 10.1. The number of hydrogen-bond acceptors (Lipinski definition) is 4. The van der Waals surface area contributed by atoms with Crippen LogP contribution in [0.1, 0.15) is 21.5 Å². The van der Waals surface area contributed by atoms with Gasteiger partial charge >= 0.3 is 0 Å². The molecule has 0 bridgehead atoms. The number of rotatable bonds is 6. The van der Waals surface area contributed by atoms with Crippen molar-refractivity contribution in [3.63, 3.8) is 0 Å². The lowest BCUT2D eigenvalue weighted by Gasteiger charge is -2.35. The molecule has 5 nitrogen and oxygen atoms in total. The molecule has 156 valence electrons. The average Bonchev–Trinajstić information content (AvgIpc) is 2.66. The summed E-state index contributed by atoms with van der Waals surface area (Å²) in [5.41, 5.74) is 2.27. The second kappa shape index (κ2) is 9.57. The van der Waals surface area contributed by atoms with E-state index in [1.54, 1.807) is 4.90 Å². The number of amides is 1. The van der Waals surface area contributed by atoms with Gasteiger partial charge in [0, 0.05) is 37.7 Å². The molecule has 0 aliphatic carbocycles. The van der Waals surface area contributed by atoms with Gasteiger partial charge in [-0.15, -0.1) is 0 Å². The highest BCUT2D eigenvalue weighted by Crippen LogP contribution is 2.18. The van der Waals surface area contributed by atoms with Crippen molar-refractivity contribution in [2.75, 3.05) is 39.3 Å². The summed E-state index contributed by atoms with van der Waals surface area (Å²) in [6.07, 6.45) is -0.633. The number of piperazine rings is 1. The van der Waals surface area contributed by atoms with E-state index in [-0.39, 0.29) is 23.1 Å². The van der Waals surface area contributed by atoms with Gasteiger partial charge in [-0.3, -0.25) is 9.69 Å². The van der Waals surface area contributed by atoms with Crippen molar-refractivity contribution >= 4 is 17.5 Å². The van der Waals surface area contributed by atoms with Crippen LogP contribution in [-0.4, -0.2) is 66.2 Å². The van der Waals surface area contributed by atoms with E-state index in [4.69, 9.17) is 16.3 Å². The Labute approximate surface area is 175 Å². The van der Waals surface area contributed by atoms with Gasteiger partial charge in [-0.1, -0.05) is 17.7 Å². The van der Waals surface area contributed by atoms with Crippen LogP contribution in [0.25, 0.3) is 0 Å². The number of hydrogen-bond donors (Lipinski definition) is 1. The van der Waals surface area contributed by atoms with Gasteiger partial charge in [0.2, 0.25) is 0 Å². The number of carbonyl (C=O) groups is 1. The molecule has 1 heterocycles. The summed E-state index contributed by atoms with van der Waals surface area (Å²) in [4.78, 5) is 16.2. The normalized spacial score (nSPS) is 16.0. The molecule has 7 heteroatoms. The molecule has 29 heavy (non-hydrogen) atoms. The van der Waals surface area contributed by atoms with Gasteiger partial charge in [0.15, 0.2) is 0 Å². The number of aryl methyl sites for hydroxylation is 2. The predicted octanol–water partition coefficient (Wildman–Crippen LogP) is 3.29. The number of aliphatic hydroxyl groups excluding tert-OH is 1. The van der Waals surface area contributed by atoms with Crippen molar-refractivity contribution < 1.29 is 19.0 Å². The van der Waals surface area contributed by atoms with Crippen molar-refractivity contribution in [1.82, 2.24) is 9.80 Å². The first-order valence-corrected chi connectivity index (χ1v) is 10.1. The molecule has 1 amide bonds. The van der Waals surface area contributed by atoms with Crippen molar-refractivity contribution in [2.45, 2.75) is 20.0 Å². The molecular weight excluding hydrogens is 395 g/mol. The molecule has 1 N–H and O–H groups in total. The molecule has 3 rings (SSSR count). The fraction of sp³-hybridized carbons (Fsp3) is 0.409. The molecule has 0 aromatic heterocycles. The van der Waals surface area contributed by atoms with Crippen LogP contribution in [0.3, 0.4) is 0 Å². The fourth-order valence-corrected chi connectivity index (χ4v) is 3.68. The molecule has 1 atom stereocenters. The fourth-order valence-electron chi connectivity index (χ4n) is 3.53. The first-order chi connectivity index (χ1) is 13.8. The third kappa shape index (κ3) is 5.92. The number of halogens is 2. The third-order valence-corrected chi connectivity index (χ3v) is 5.16. The summed E-state index contributed by atoms with van der Waals surface area (Å²) in [6.45, 7) is 6.86. The average molecular weight is 421 g/mol. The van der Waals surface area contributed by atoms with E-state index in [9.17, 15) is 14.3 Å². The summed E-state index contributed by atoms with van der Waals surface area (Å²) in [5.74, 6) is -0.191. The summed E-state index contributed by atoms with van der Waals surface area (Å²) in [6, 6.07) is 10.0. The SMILES string of the molecule is Cc1cc(C)cc(OCC(O)CN2CCN(C(=O)c3ccc(Cl)cc3F)CC2)c1. The number of carbonyl (C=O) groups excluding carboxylic acids is 1. The maximum Gasteiger partial charge on any atom is 0.256 e. The van der Waals surface area contributed by atoms with Crippen molar-refractivity contribution in [1.29, 1.82) is 0 Å². The maximum absolute atomic E-state index is 14.0.